The summed E-state index contributed by atoms with van der Waals surface area (Å²) in [7, 11) is 1.95. The second-order valence-electron chi connectivity index (χ2n) is 5.05. The molecule has 2 aliphatic rings. The van der Waals surface area contributed by atoms with Crippen LogP contribution in [0.4, 0.5) is 0 Å². The van der Waals surface area contributed by atoms with Crippen LogP contribution in [-0.2, 0) is 18.3 Å². The van der Waals surface area contributed by atoms with Gasteiger partial charge in [-0.25, -0.2) is 0 Å². The van der Waals surface area contributed by atoms with Gasteiger partial charge in [0, 0.05) is 37.3 Å². The molecular weight excluding hydrogens is 202 g/mol. The third kappa shape index (κ3) is 2.13. The van der Waals surface area contributed by atoms with Gasteiger partial charge in [-0.05, 0) is 18.8 Å². The smallest absolute Gasteiger partial charge is 0.0623 e. The molecule has 1 aliphatic carbocycles. The zero-order chi connectivity index (χ0) is 11.0. The first-order valence-electron chi connectivity index (χ1n) is 6.11. The molecule has 1 aromatic heterocycles. The summed E-state index contributed by atoms with van der Waals surface area (Å²) in [5.74, 6) is 1.67. The SMILES string of the molecule is Cn1cc(CNC2COCC2C2CC2)cn1. The average Bonchev–Trinajstić information content (AvgIpc) is 2.86. The lowest BCUT2D eigenvalue weighted by Crippen LogP contribution is -2.35. The molecule has 0 bridgehead atoms. The summed E-state index contributed by atoms with van der Waals surface area (Å²) in [6, 6.07) is 0.549. The molecule has 1 aliphatic heterocycles. The number of nitrogens with one attached hydrogen (secondary N) is 1. The molecule has 1 aromatic rings. The summed E-state index contributed by atoms with van der Waals surface area (Å²) in [5, 5.41) is 7.78. The lowest BCUT2D eigenvalue weighted by atomic mass is 9.98. The minimum atomic E-state index is 0.549. The Balaban J connectivity index is 1.54. The van der Waals surface area contributed by atoms with Crippen molar-refractivity contribution >= 4 is 0 Å². The first kappa shape index (κ1) is 10.3. The van der Waals surface area contributed by atoms with Gasteiger partial charge in [-0.3, -0.25) is 4.68 Å². The van der Waals surface area contributed by atoms with Gasteiger partial charge in [0.2, 0.25) is 0 Å². The van der Waals surface area contributed by atoms with Crippen molar-refractivity contribution in [2.75, 3.05) is 13.2 Å². The van der Waals surface area contributed by atoms with E-state index in [2.05, 4.69) is 16.6 Å². The number of aromatic nitrogens is 2. The third-order valence-electron chi connectivity index (χ3n) is 3.68. The van der Waals surface area contributed by atoms with Crippen LogP contribution in [0.3, 0.4) is 0 Å². The largest absolute Gasteiger partial charge is 0.379 e. The lowest BCUT2D eigenvalue weighted by Gasteiger charge is -2.17. The summed E-state index contributed by atoms with van der Waals surface area (Å²) >= 11 is 0. The van der Waals surface area contributed by atoms with Crippen molar-refractivity contribution in [2.24, 2.45) is 18.9 Å². The molecule has 3 rings (SSSR count). The summed E-state index contributed by atoms with van der Waals surface area (Å²) in [6.07, 6.45) is 6.79. The zero-order valence-electron chi connectivity index (χ0n) is 9.72. The Morgan fingerprint density at radius 2 is 2.38 bits per heavy atom. The number of hydrogen-bond acceptors (Lipinski definition) is 3. The maximum absolute atomic E-state index is 5.58. The summed E-state index contributed by atoms with van der Waals surface area (Å²) in [6.45, 7) is 2.74. The minimum absolute atomic E-state index is 0.549. The molecule has 2 fully saturated rings. The molecule has 4 nitrogen and oxygen atoms in total. The van der Waals surface area contributed by atoms with Gasteiger partial charge >= 0.3 is 0 Å². The lowest BCUT2D eigenvalue weighted by molar-refractivity contribution is 0.180. The highest BCUT2D eigenvalue weighted by Gasteiger charge is 2.39. The Kier molecular flexibility index (Phi) is 2.69. The van der Waals surface area contributed by atoms with E-state index >= 15 is 0 Å². The highest BCUT2D eigenvalue weighted by molar-refractivity contribution is 5.04. The standard InChI is InChI=1S/C12H19N3O/c1-15-6-9(5-14-15)4-13-12-8-16-7-11(12)10-2-3-10/h5-6,10-13H,2-4,7-8H2,1H3. The van der Waals surface area contributed by atoms with Crippen LogP contribution in [0.5, 0.6) is 0 Å². The topological polar surface area (TPSA) is 39.1 Å². The summed E-state index contributed by atoms with van der Waals surface area (Å²) < 4.78 is 7.43. The van der Waals surface area contributed by atoms with Crippen molar-refractivity contribution in [1.82, 2.24) is 15.1 Å². The zero-order valence-corrected chi connectivity index (χ0v) is 9.72. The maximum Gasteiger partial charge on any atom is 0.0623 e. The van der Waals surface area contributed by atoms with Crippen LogP contribution in [0.25, 0.3) is 0 Å². The predicted octanol–water partition coefficient (Wildman–Crippen LogP) is 0.935. The Hall–Kier alpha value is -0.870. The van der Waals surface area contributed by atoms with E-state index < -0.39 is 0 Å². The summed E-state index contributed by atoms with van der Waals surface area (Å²) in [4.78, 5) is 0. The fraction of sp³-hybridized carbons (Fsp3) is 0.750. The van der Waals surface area contributed by atoms with Crippen LogP contribution in [0.1, 0.15) is 18.4 Å². The molecule has 1 saturated carbocycles. The van der Waals surface area contributed by atoms with Gasteiger partial charge in [-0.2, -0.15) is 5.10 Å². The molecular formula is C12H19N3O. The van der Waals surface area contributed by atoms with E-state index in [0.29, 0.717) is 6.04 Å². The quantitative estimate of drug-likeness (QED) is 0.822. The Morgan fingerprint density at radius 1 is 1.50 bits per heavy atom. The number of ether oxygens (including phenoxy) is 1. The van der Waals surface area contributed by atoms with Crippen molar-refractivity contribution in [3.63, 3.8) is 0 Å². The second-order valence-corrected chi connectivity index (χ2v) is 5.05. The first-order valence-corrected chi connectivity index (χ1v) is 6.11. The highest BCUT2D eigenvalue weighted by Crippen LogP contribution is 2.40. The van der Waals surface area contributed by atoms with Crippen LogP contribution in [0, 0.1) is 11.8 Å². The van der Waals surface area contributed by atoms with Crippen LogP contribution >= 0.6 is 0 Å². The number of aryl methyl sites for hydroxylation is 1. The first-order chi connectivity index (χ1) is 7.83. The van der Waals surface area contributed by atoms with Crippen LogP contribution < -0.4 is 5.32 Å². The van der Waals surface area contributed by atoms with Crippen LogP contribution in [0.15, 0.2) is 12.4 Å². The molecule has 88 valence electrons. The maximum atomic E-state index is 5.58. The molecule has 1 saturated heterocycles. The number of rotatable bonds is 4. The molecule has 4 heteroatoms. The van der Waals surface area contributed by atoms with Gasteiger partial charge in [0.25, 0.3) is 0 Å². The van der Waals surface area contributed by atoms with Gasteiger partial charge in [-0.15, -0.1) is 0 Å². The average molecular weight is 221 g/mol. The van der Waals surface area contributed by atoms with Crippen molar-refractivity contribution in [3.8, 4) is 0 Å². The second kappa shape index (κ2) is 4.18. The van der Waals surface area contributed by atoms with E-state index in [0.717, 1.165) is 31.6 Å². The fourth-order valence-corrected chi connectivity index (χ4v) is 2.58. The van der Waals surface area contributed by atoms with Crippen molar-refractivity contribution in [3.05, 3.63) is 18.0 Å². The molecule has 2 atom stereocenters. The van der Waals surface area contributed by atoms with Gasteiger partial charge in [-0.1, -0.05) is 0 Å². The van der Waals surface area contributed by atoms with Gasteiger partial charge < -0.3 is 10.1 Å². The number of nitrogens with zero attached hydrogens (tertiary/aromatic N) is 2. The van der Waals surface area contributed by atoms with Crippen molar-refractivity contribution < 1.29 is 4.74 Å². The van der Waals surface area contributed by atoms with E-state index in [-0.39, 0.29) is 0 Å². The Bertz CT molecular complexity index is 359. The van der Waals surface area contributed by atoms with Gasteiger partial charge in [0.15, 0.2) is 0 Å². The van der Waals surface area contributed by atoms with Gasteiger partial charge in [0.05, 0.1) is 19.4 Å². The number of hydrogen-bond donors (Lipinski definition) is 1. The molecule has 2 unspecified atom stereocenters. The van der Waals surface area contributed by atoms with Crippen molar-refractivity contribution in [1.29, 1.82) is 0 Å². The molecule has 2 heterocycles. The normalized spacial score (nSPS) is 29.8. The van der Waals surface area contributed by atoms with E-state index in [1.54, 1.807) is 0 Å². The molecule has 16 heavy (non-hydrogen) atoms. The van der Waals surface area contributed by atoms with Crippen molar-refractivity contribution in [2.45, 2.75) is 25.4 Å². The third-order valence-corrected chi connectivity index (χ3v) is 3.68. The Labute approximate surface area is 96.0 Å². The molecule has 0 spiro atoms. The molecule has 0 amide bonds. The monoisotopic (exact) mass is 221 g/mol. The minimum Gasteiger partial charge on any atom is -0.379 e. The van der Waals surface area contributed by atoms with E-state index in [9.17, 15) is 0 Å². The molecule has 0 aromatic carbocycles. The molecule has 1 N–H and O–H groups in total. The van der Waals surface area contributed by atoms with Crippen LogP contribution in [-0.4, -0.2) is 29.0 Å². The van der Waals surface area contributed by atoms with E-state index in [1.807, 2.05) is 17.9 Å². The van der Waals surface area contributed by atoms with E-state index in [4.69, 9.17) is 4.74 Å². The fourth-order valence-electron chi connectivity index (χ4n) is 2.58. The van der Waals surface area contributed by atoms with E-state index in [1.165, 1.54) is 18.4 Å². The predicted molar refractivity (Wildman–Crippen MR) is 60.9 cm³/mol. The summed E-state index contributed by atoms with van der Waals surface area (Å²) in [5.41, 5.74) is 1.25. The highest BCUT2D eigenvalue weighted by atomic mass is 16.5. The Morgan fingerprint density at radius 3 is 3.06 bits per heavy atom. The van der Waals surface area contributed by atoms with Gasteiger partial charge in [0.1, 0.15) is 0 Å². The van der Waals surface area contributed by atoms with Crippen LogP contribution in [0.2, 0.25) is 0 Å². The molecule has 0 radical (unpaired) electrons.